The third-order valence-electron chi connectivity index (χ3n) is 8.19. The third-order valence-corrected chi connectivity index (χ3v) is 8.59. The summed E-state index contributed by atoms with van der Waals surface area (Å²) in [6.45, 7) is 5.59. The molecular formula is C31H33ClN6O5. The van der Waals surface area contributed by atoms with Crippen LogP contribution >= 0.6 is 11.6 Å². The first kappa shape index (κ1) is 28.9. The molecule has 4 heterocycles. The topological polar surface area (TPSA) is 144 Å². The molecule has 0 saturated carbocycles. The number of fused-ring (bicyclic) bond motifs is 2. The Labute approximate surface area is 252 Å². The van der Waals surface area contributed by atoms with E-state index in [9.17, 15) is 19.5 Å². The number of halogens is 1. The number of hydrogen-bond donors (Lipinski definition) is 4. The molecule has 0 aliphatic carbocycles. The van der Waals surface area contributed by atoms with Gasteiger partial charge in [0.05, 0.1) is 27.8 Å². The van der Waals surface area contributed by atoms with Crippen LogP contribution in [0.5, 0.6) is 5.75 Å². The van der Waals surface area contributed by atoms with Crippen molar-refractivity contribution in [1.82, 2.24) is 24.8 Å². The summed E-state index contributed by atoms with van der Waals surface area (Å²) in [5, 5.41) is 14.3. The van der Waals surface area contributed by atoms with E-state index in [0.717, 1.165) is 37.1 Å². The Balaban J connectivity index is 1.20. The number of piperidine rings is 1. The number of nitrogens with zero attached hydrogens (tertiary/aromatic N) is 3. The van der Waals surface area contributed by atoms with E-state index in [1.807, 2.05) is 27.0 Å². The fourth-order valence-electron chi connectivity index (χ4n) is 5.76. The molecule has 2 aliphatic rings. The van der Waals surface area contributed by atoms with E-state index < -0.39 is 11.7 Å². The molecule has 4 N–H and O–H groups in total. The Morgan fingerprint density at radius 3 is 2.56 bits per heavy atom. The minimum atomic E-state index is -0.894. The zero-order chi connectivity index (χ0) is 30.4. The van der Waals surface area contributed by atoms with Crippen LogP contribution in [-0.2, 0) is 0 Å². The van der Waals surface area contributed by atoms with Crippen molar-refractivity contribution in [2.45, 2.75) is 38.8 Å². The van der Waals surface area contributed by atoms with Gasteiger partial charge in [-0.1, -0.05) is 17.7 Å². The number of imide groups is 1. The number of amides is 2. The van der Waals surface area contributed by atoms with Gasteiger partial charge in [-0.2, -0.15) is 0 Å². The number of H-pyrrole nitrogens is 2. The number of aryl methyl sites for hydroxylation is 2. The average Bonchev–Trinajstić information content (AvgIpc) is 3.49. The summed E-state index contributed by atoms with van der Waals surface area (Å²) in [6, 6.07) is 8.46. The zero-order valence-corrected chi connectivity index (χ0v) is 24.9. The smallest absolute Gasteiger partial charge is 0.261 e. The second-order valence-corrected chi connectivity index (χ2v) is 11.7. The minimum absolute atomic E-state index is 0.0125. The van der Waals surface area contributed by atoms with Crippen LogP contribution < -0.4 is 15.6 Å². The van der Waals surface area contributed by atoms with Crippen LogP contribution in [0, 0.1) is 13.8 Å². The molecule has 0 bridgehead atoms. The molecule has 4 aromatic rings. The Bertz CT molecular complexity index is 1740. The fourth-order valence-corrected chi connectivity index (χ4v) is 5.92. The summed E-state index contributed by atoms with van der Waals surface area (Å²) in [6.07, 6.45) is 2.10. The van der Waals surface area contributed by atoms with Crippen molar-refractivity contribution in [3.05, 3.63) is 74.2 Å². The number of imidazole rings is 1. The highest BCUT2D eigenvalue weighted by Crippen LogP contribution is 2.33. The summed E-state index contributed by atoms with van der Waals surface area (Å²) in [5.74, 6) is 0.255. The molecule has 0 spiro atoms. The van der Waals surface area contributed by atoms with E-state index in [0.29, 0.717) is 38.6 Å². The maximum Gasteiger partial charge on any atom is 0.261 e. The van der Waals surface area contributed by atoms with E-state index in [-0.39, 0.29) is 42.4 Å². The third kappa shape index (κ3) is 5.51. The first-order valence-corrected chi connectivity index (χ1v) is 14.6. The quantitative estimate of drug-likeness (QED) is 0.223. The van der Waals surface area contributed by atoms with Crippen LogP contribution in [0.4, 0.5) is 5.69 Å². The van der Waals surface area contributed by atoms with Gasteiger partial charge in [-0.15, -0.1) is 0 Å². The number of ether oxygens (including phenoxy) is 1. The normalized spacial score (nSPS) is 16.6. The number of aromatic amines is 2. The second-order valence-electron chi connectivity index (χ2n) is 11.3. The Morgan fingerprint density at radius 1 is 1.09 bits per heavy atom. The summed E-state index contributed by atoms with van der Waals surface area (Å²) in [5.41, 5.74) is 3.80. The fraction of sp³-hybridized carbons (Fsp3) is 0.355. The minimum Gasteiger partial charge on any atom is -0.490 e. The van der Waals surface area contributed by atoms with Gasteiger partial charge in [-0.3, -0.25) is 19.3 Å². The maximum absolute atomic E-state index is 13.3. The lowest BCUT2D eigenvalue weighted by Gasteiger charge is -2.33. The first-order chi connectivity index (χ1) is 20.6. The van der Waals surface area contributed by atoms with Crippen molar-refractivity contribution in [3.63, 3.8) is 0 Å². The lowest BCUT2D eigenvalue weighted by atomic mass is 10.0. The van der Waals surface area contributed by atoms with Gasteiger partial charge in [0, 0.05) is 23.8 Å². The van der Waals surface area contributed by atoms with E-state index >= 15 is 0 Å². The van der Waals surface area contributed by atoms with Gasteiger partial charge in [-0.25, -0.2) is 4.98 Å². The Kier molecular flexibility index (Phi) is 7.72. The Hall–Kier alpha value is -4.19. The van der Waals surface area contributed by atoms with E-state index in [1.54, 1.807) is 24.3 Å². The summed E-state index contributed by atoms with van der Waals surface area (Å²) < 4.78 is 5.79. The van der Waals surface area contributed by atoms with Crippen molar-refractivity contribution >= 4 is 40.1 Å². The van der Waals surface area contributed by atoms with E-state index in [1.165, 1.54) is 11.1 Å². The molecule has 2 aromatic carbocycles. The predicted molar refractivity (Wildman–Crippen MR) is 164 cm³/mol. The zero-order valence-electron chi connectivity index (χ0n) is 24.2. The van der Waals surface area contributed by atoms with Gasteiger partial charge < -0.3 is 30.0 Å². The van der Waals surface area contributed by atoms with Gasteiger partial charge in [0.2, 0.25) is 0 Å². The number of pyridine rings is 1. The molecule has 2 amide bonds. The van der Waals surface area contributed by atoms with Crippen LogP contribution in [0.15, 0.2) is 41.3 Å². The number of benzene rings is 2. The van der Waals surface area contributed by atoms with Crippen LogP contribution in [0.25, 0.3) is 22.4 Å². The van der Waals surface area contributed by atoms with Crippen LogP contribution in [-0.4, -0.2) is 87.1 Å². The molecule has 1 unspecified atom stereocenters. The molecule has 1 fully saturated rings. The number of aromatic nitrogens is 3. The number of carbonyl (C=O) groups excluding carboxylic acids is 2. The molecule has 224 valence electrons. The molecule has 0 radical (unpaired) electrons. The van der Waals surface area contributed by atoms with Crippen molar-refractivity contribution in [1.29, 1.82) is 0 Å². The van der Waals surface area contributed by atoms with Crippen LogP contribution in [0.3, 0.4) is 0 Å². The highest BCUT2D eigenvalue weighted by molar-refractivity contribution is 6.31. The lowest BCUT2D eigenvalue weighted by molar-refractivity contribution is 0.0516. The summed E-state index contributed by atoms with van der Waals surface area (Å²) in [4.78, 5) is 53.6. The molecule has 1 saturated heterocycles. The molecule has 12 heteroatoms. The van der Waals surface area contributed by atoms with E-state index in [2.05, 4.69) is 25.2 Å². The molecule has 11 nitrogen and oxygen atoms in total. The largest absolute Gasteiger partial charge is 0.490 e. The predicted octanol–water partition coefficient (Wildman–Crippen LogP) is 3.73. The standard InChI is InChI=1S/C31H33ClN6O5/c1-16-10-17(2)26(13-22(16)32)43-15-19(39)14-34-23-4-7-33-29(40)27(23)28-35-24-11-20-21(12-25(24)36-28)31(42)38(30(20)41)18-5-8-37(3)9-6-18/h4,7,10-13,18-19,39H,5-6,8-9,14-15H2,1-3H3,(H,35,36)(H2,33,34,40). The number of likely N-dealkylation sites (tertiary alicyclic amines) is 1. The number of aliphatic hydroxyl groups excluding tert-OH is 1. The van der Waals surface area contributed by atoms with Gasteiger partial charge in [0.15, 0.2) is 0 Å². The van der Waals surface area contributed by atoms with Crippen molar-refractivity contribution < 1.29 is 19.4 Å². The van der Waals surface area contributed by atoms with Gasteiger partial charge >= 0.3 is 0 Å². The molecule has 1 atom stereocenters. The number of nitrogens with one attached hydrogen (secondary N) is 3. The molecule has 43 heavy (non-hydrogen) atoms. The number of rotatable bonds is 8. The highest BCUT2D eigenvalue weighted by atomic mass is 35.5. The number of anilines is 1. The Morgan fingerprint density at radius 2 is 1.81 bits per heavy atom. The summed E-state index contributed by atoms with van der Waals surface area (Å²) in [7, 11) is 2.03. The highest BCUT2D eigenvalue weighted by Gasteiger charge is 2.41. The van der Waals surface area contributed by atoms with Gasteiger partial charge in [0.1, 0.15) is 29.8 Å². The average molecular weight is 605 g/mol. The molecule has 2 aliphatic heterocycles. The monoisotopic (exact) mass is 604 g/mol. The first-order valence-electron chi connectivity index (χ1n) is 14.2. The second kappa shape index (κ2) is 11.5. The number of hydrogen-bond acceptors (Lipinski definition) is 8. The van der Waals surface area contributed by atoms with Gasteiger partial charge in [0.25, 0.3) is 17.4 Å². The maximum atomic E-state index is 13.3. The molecular weight excluding hydrogens is 572 g/mol. The van der Waals surface area contributed by atoms with Crippen molar-refractivity contribution in [3.8, 4) is 17.1 Å². The summed E-state index contributed by atoms with van der Waals surface area (Å²) >= 11 is 6.21. The molecule has 2 aromatic heterocycles. The van der Waals surface area contributed by atoms with Crippen molar-refractivity contribution in [2.75, 3.05) is 38.6 Å². The SMILES string of the molecule is Cc1cc(C)c(OCC(O)CNc2cc[nH]c(=O)c2-c2nc3cc4c(cc3[nH]2)C(=O)N(C2CCN(C)CC2)C4=O)cc1Cl. The lowest BCUT2D eigenvalue weighted by Crippen LogP contribution is -2.46. The van der Waals surface area contributed by atoms with Crippen LogP contribution in [0.1, 0.15) is 44.7 Å². The number of carbonyl (C=O) groups is 2. The van der Waals surface area contributed by atoms with Crippen molar-refractivity contribution in [2.24, 2.45) is 0 Å². The van der Waals surface area contributed by atoms with E-state index in [4.69, 9.17) is 16.3 Å². The number of aliphatic hydroxyl groups is 1. The van der Waals surface area contributed by atoms with Gasteiger partial charge in [-0.05, 0) is 82.2 Å². The van der Waals surface area contributed by atoms with Crippen LogP contribution in [0.2, 0.25) is 5.02 Å². The molecule has 6 rings (SSSR count).